The molecule has 0 aromatic heterocycles. The Bertz CT molecular complexity index is 1020. The molecule has 0 saturated carbocycles. The molecule has 0 bridgehead atoms. The molecule has 1 amide bonds. The van der Waals surface area contributed by atoms with E-state index in [1.807, 2.05) is 66.7 Å². The molecule has 0 fully saturated rings. The first-order chi connectivity index (χ1) is 14.1. The first kappa shape index (κ1) is 19.0. The number of hydrogen-bond donors (Lipinski definition) is 1. The summed E-state index contributed by atoms with van der Waals surface area (Å²) >= 11 is 6.08. The Hall–Kier alpha value is -3.31. The maximum Gasteiger partial charge on any atom is 0.318 e. The number of benzene rings is 3. The van der Waals surface area contributed by atoms with E-state index < -0.39 is 17.8 Å². The lowest BCUT2D eigenvalue weighted by molar-refractivity contribution is -0.149. The number of fused-ring (bicyclic) bond motifs is 2. The van der Waals surface area contributed by atoms with E-state index in [1.54, 1.807) is 6.07 Å². The van der Waals surface area contributed by atoms with Gasteiger partial charge in [-0.1, -0.05) is 66.2 Å². The van der Waals surface area contributed by atoms with Crippen LogP contribution in [0.3, 0.4) is 0 Å². The first-order valence-electron chi connectivity index (χ1n) is 9.16. The third kappa shape index (κ3) is 4.10. The molecule has 1 N–H and O–H groups in total. The van der Waals surface area contributed by atoms with Crippen LogP contribution in [0.1, 0.15) is 22.6 Å². The minimum Gasteiger partial charge on any atom is -0.457 e. The summed E-state index contributed by atoms with van der Waals surface area (Å²) in [6, 6.07) is 21.9. The second-order valence-corrected chi connectivity index (χ2v) is 6.99. The zero-order chi connectivity index (χ0) is 20.2. The van der Waals surface area contributed by atoms with Gasteiger partial charge in [-0.25, -0.2) is 0 Å². The average molecular weight is 408 g/mol. The van der Waals surface area contributed by atoms with E-state index in [0.717, 1.165) is 5.56 Å². The molecule has 0 spiro atoms. The fourth-order valence-electron chi connectivity index (χ4n) is 3.27. The van der Waals surface area contributed by atoms with Crippen molar-refractivity contribution in [1.29, 1.82) is 0 Å². The second-order valence-electron chi connectivity index (χ2n) is 6.59. The van der Waals surface area contributed by atoms with Crippen LogP contribution in [0.15, 0.2) is 72.8 Å². The molecule has 0 aliphatic carbocycles. The largest absolute Gasteiger partial charge is 0.457 e. The standard InChI is InChI=1S/C23H18ClNO4/c24-18-10-4-1-7-15(18)13-25-21(26)14-28-23(27)22-16-8-2-5-11-19(16)29-20-12-6-3-9-17(20)22/h1-12,22H,13-14H2,(H,25,26). The van der Waals surface area contributed by atoms with Gasteiger partial charge in [-0.15, -0.1) is 0 Å². The van der Waals surface area contributed by atoms with Gasteiger partial charge in [-0.05, 0) is 23.8 Å². The number of nitrogens with one attached hydrogen (secondary N) is 1. The molecule has 0 unspecified atom stereocenters. The minimum atomic E-state index is -0.646. The first-order valence-corrected chi connectivity index (χ1v) is 9.53. The molecule has 4 rings (SSSR count). The zero-order valence-corrected chi connectivity index (χ0v) is 16.2. The SMILES string of the molecule is O=C(COC(=O)C1c2ccccc2Oc2ccccc21)NCc1ccccc1Cl. The fraction of sp³-hybridized carbons (Fsp3) is 0.130. The number of ether oxygens (including phenoxy) is 2. The Morgan fingerprint density at radius 2 is 1.48 bits per heavy atom. The van der Waals surface area contributed by atoms with Crippen molar-refractivity contribution < 1.29 is 19.1 Å². The monoisotopic (exact) mass is 407 g/mol. The van der Waals surface area contributed by atoms with Gasteiger partial charge in [0.05, 0.1) is 0 Å². The minimum absolute atomic E-state index is 0.263. The molecule has 5 nitrogen and oxygen atoms in total. The van der Waals surface area contributed by atoms with Crippen LogP contribution in [-0.2, 0) is 20.9 Å². The summed E-state index contributed by atoms with van der Waals surface area (Å²) in [7, 11) is 0. The van der Waals surface area contributed by atoms with Crippen molar-refractivity contribution in [2.24, 2.45) is 0 Å². The predicted molar refractivity (Wildman–Crippen MR) is 109 cm³/mol. The summed E-state index contributed by atoms with van der Waals surface area (Å²) in [6.45, 7) is -0.107. The Kier molecular flexibility index (Phi) is 5.49. The van der Waals surface area contributed by atoms with E-state index in [2.05, 4.69) is 5.32 Å². The summed E-state index contributed by atoms with van der Waals surface area (Å²) < 4.78 is 11.2. The highest BCUT2D eigenvalue weighted by molar-refractivity contribution is 6.31. The van der Waals surface area contributed by atoms with Gasteiger partial charge in [0.1, 0.15) is 17.4 Å². The summed E-state index contributed by atoms with van der Waals surface area (Å²) in [5.74, 6) is -0.326. The maximum absolute atomic E-state index is 12.9. The van der Waals surface area contributed by atoms with Gasteiger partial charge < -0.3 is 14.8 Å². The summed E-state index contributed by atoms with van der Waals surface area (Å²) in [6.07, 6.45) is 0. The van der Waals surface area contributed by atoms with Crippen molar-refractivity contribution in [1.82, 2.24) is 5.32 Å². The highest BCUT2D eigenvalue weighted by Crippen LogP contribution is 2.44. The fourth-order valence-corrected chi connectivity index (χ4v) is 3.47. The quantitative estimate of drug-likeness (QED) is 0.635. The Labute approximate surface area is 173 Å². The van der Waals surface area contributed by atoms with E-state index in [9.17, 15) is 9.59 Å². The van der Waals surface area contributed by atoms with Crippen molar-refractivity contribution in [3.8, 4) is 11.5 Å². The number of carbonyl (C=O) groups is 2. The molecule has 1 aliphatic heterocycles. The summed E-state index contributed by atoms with van der Waals surface area (Å²) in [5.41, 5.74) is 2.22. The number of halogens is 1. The van der Waals surface area contributed by atoms with Gasteiger partial charge in [0.15, 0.2) is 6.61 Å². The molecular weight excluding hydrogens is 390 g/mol. The van der Waals surface area contributed by atoms with Gasteiger partial charge in [0.25, 0.3) is 5.91 Å². The normalized spacial score (nSPS) is 12.3. The second kappa shape index (κ2) is 8.37. The van der Waals surface area contributed by atoms with Gasteiger partial charge >= 0.3 is 5.97 Å². The van der Waals surface area contributed by atoms with Crippen LogP contribution >= 0.6 is 11.6 Å². The van der Waals surface area contributed by atoms with E-state index in [4.69, 9.17) is 21.1 Å². The van der Waals surface area contributed by atoms with Crippen LogP contribution < -0.4 is 10.1 Å². The molecular formula is C23H18ClNO4. The predicted octanol–water partition coefficient (Wildman–Crippen LogP) is 4.44. The molecule has 1 heterocycles. The molecule has 0 radical (unpaired) electrons. The van der Waals surface area contributed by atoms with E-state index in [1.165, 1.54) is 0 Å². The Balaban J connectivity index is 1.44. The highest BCUT2D eigenvalue weighted by Gasteiger charge is 2.33. The van der Waals surface area contributed by atoms with Crippen molar-refractivity contribution in [3.63, 3.8) is 0 Å². The van der Waals surface area contributed by atoms with Gasteiger partial charge in [0, 0.05) is 22.7 Å². The molecule has 146 valence electrons. The van der Waals surface area contributed by atoms with E-state index >= 15 is 0 Å². The van der Waals surface area contributed by atoms with Gasteiger partial charge in [-0.3, -0.25) is 9.59 Å². The smallest absolute Gasteiger partial charge is 0.318 e. The van der Waals surface area contributed by atoms with Gasteiger partial charge in [0.2, 0.25) is 0 Å². The third-order valence-corrected chi connectivity index (χ3v) is 5.06. The van der Waals surface area contributed by atoms with Crippen molar-refractivity contribution >= 4 is 23.5 Å². The molecule has 0 atom stereocenters. The number of carbonyl (C=O) groups excluding carboxylic acids is 2. The van der Waals surface area contributed by atoms with Crippen LogP contribution in [-0.4, -0.2) is 18.5 Å². The van der Waals surface area contributed by atoms with E-state index in [0.29, 0.717) is 27.6 Å². The topological polar surface area (TPSA) is 64.6 Å². The molecule has 3 aromatic carbocycles. The van der Waals surface area contributed by atoms with Crippen LogP contribution in [0.25, 0.3) is 0 Å². The van der Waals surface area contributed by atoms with Crippen LogP contribution in [0.2, 0.25) is 5.02 Å². The Morgan fingerprint density at radius 1 is 0.897 bits per heavy atom. The van der Waals surface area contributed by atoms with E-state index in [-0.39, 0.29) is 13.2 Å². The van der Waals surface area contributed by atoms with Crippen LogP contribution in [0.4, 0.5) is 0 Å². The molecule has 3 aromatic rings. The average Bonchev–Trinajstić information content (AvgIpc) is 2.75. The number of esters is 1. The molecule has 6 heteroatoms. The lowest BCUT2D eigenvalue weighted by atomic mass is 9.88. The zero-order valence-electron chi connectivity index (χ0n) is 15.4. The lowest BCUT2D eigenvalue weighted by Gasteiger charge is -2.26. The highest BCUT2D eigenvalue weighted by atomic mass is 35.5. The van der Waals surface area contributed by atoms with Crippen molar-refractivity contribution in [2.75, 3.05) is 6.61 Å². The Morgan fingerprint density at radius 3 is 2.14 bits per heavy atom. The number of hydrogen-bond acceptors (Lipinski definition) is 4. The van der Waals surface area contributed by atoms with Crippen molar-refractivity contribution in [3.05, 3.63) is 94.5 Å². The molecule has 0 saturated heterocycles. The number of rotatable bonds is 5. The summed E-state index contributed by atoms with van der Waals surface area (Å²) in [5, 5.41) is 3.28. The number of para-hydroxylation sites is 2. The summed E-state index contributed by atoms with van der Waals surface area (Å²) in [4.78, 5) is 25.0. The van der Waals surface area contributed by atoms with Crippen LogP contribution in [0.5, 0.6) is 11.5 Å². The van der Waals surface area contributed by atoms with Crippen molar-refractivity contribution in [2.45, 2.75) is 12.5 Å². The molecule has 1 aliphatic rings. The van der Waals surface area contributed by atoms with Gasteiger partial charge in [-0.2, -0.15) is 0 Å². The number of amides is 1. The lowest BCUT2D eigenvalue weighted by Crippen LogP contribution is -2.30. The molecule has 29 heavy (non-hydrogen) atoms. The maximum atomic E-state index is 12.9. The third-order valence-electron chi connectivity index (χ3n) is 4.70. The van der Waals surface area contributed by atoms with Crippen LogP contribution in [0, 0.1) is 0 Å².